The molecule has 0 saturated heterocycles. The summed E-state index contributed by atoms with van der Waals surface area (Å²) in [7, 11) is 2.68. The number of aryl methyl sites for hydroxylation is 1. The number of methoxy groups -OCH3 is 2. The minimum Gasteiger partial charge on any atom is -0.500 e. The molecule has 2 rings (SSSR count). The highest BCUT2D eigenvalue weighted by Crippen LogP contribution is 2.28. The van der Waals surface area contributed by atoms with E-state index in [4.69, 9.17) is 25.8 Å². The van der Waals surface area contributed by atoms with Crippen molar-refractivity contribution < 1.29 is 23.7 Å². The van der Waals surface area contributed by atoms with Crippen LogP contribution < -0.4 is 9.47 Å². The molecule has 0 N–H and O–H groups in total. The van der Waals surface area contributed by atoms with Gasteiger partial charge in [0.1, 0.15) is 17.0 Å². The first-order chi connectivity index (χ1) is 12.3. The molecule has 7 nitrogen and oxygen atoms in total. The number of nitrogens with zero attached hydrogens (tertiary/aromatic N) is 2. The van der Waals surface area contributed by atoms with Gasteiger partial charge in [-0.2, -0.15) is 0 Å². The molecule has 0 bridgehead atoms. The van der Waals surface area contributed by atoms with Gasteiger partial charge in [-0.25, -0.2) is 9.48 Å². The summed E-state index contributed by atoms with van der Waals surface area (Å²) < 4.78 is 22.3. The lowest BCUT2D eigenvalue weighted by molar-refractivity contribution is -0.138. The van der Waals surface area contributed by atoms with Crippen molar-refractivity contribution in [3.63, 3.8) is 0 Å². The van der Waals surface area contributed by atoms with Crippen molar-refractivity contribution in [2.75, 3.05) is 14.2 Å². The number of carbonyl (C=O) groups is 1. The second-order valence-electron chi connectivity index (χ2n) is 5.65. The third kappa shape index (κ3) is 4.70. The molecule has 1 heterocycles. The lowest BCUT2D eigenvalue weighted by Crippen LogP contribution is -2.12. The molecule has 0 atom stereocenters. The van der Waals surface area contributed by atoms with Crippen LogP contribution in [0, 0.1) is 6.92 Å². The largest absolute Gasteiger partial charge is 0.500 e. The summed E-state index contributed by atoms with van der Waals surface area (Å²) in [6.07, 6.45) is 2.77. The van der Waals surface area contributed by atoms with Crippen LogP contribution in [0.15, 0.2) is 36.4 Å². The third-order valence-corrected chi connectivity index (χ3v) is 3.51. The molecular formula is C18H21ClN2O5. The summed E-state index contributed by atoms with van der Waals surface area (Å²) >= 11 is 6.17. The second kappa shape index (κ2) is 8.62. The zero-order valence-corrected chi connectivity index (χ0v) is 16.0. The highest BCUT2D eigenvalue weighted by Gasteiger charge is 2.16. The zero-order chi connectivity index (χ0) is 19.3. The van der Waals surface area contributed by atoms with Crippen LogP contribution in [0.5, 0.6) is 11.6 Å². The first-order valence-electron chi connectivity index (χ1n) is 7.87. The summed E-state index contributed by atoms with van der Waals surface area (Å²) in [5, 5.41) is 4.73. The van der Waals surface area contributed by atoms with Crippen molar-refractivity contribution in [3.05, 3.63) is 47.0 Å². The molecule has 0 aliphatic rings. The number of benzene rings is 1. The Morgan fingerprint density at radius 2 is 2.04 bits per heavy atom. The quantitative estimate of drug-likeness (QED) is 0.414. The molecule has 0 fully saturated rings. The normalized spacial score (nSPS) is 11.4. The maximum Gasteiger partial charge on any atom is 0.377 e. The van der Waals surface area contributed by atoms with E-state index in [0.717, 1.165) is 5.56 Å². The number of esters is 1. The Balaban J connectivity index is 2.35. The van der Waals surface area contributed by atoms with Crippen LogP contribution in [0.4, 0.5) is 0 Å². The molecule has 0 radical (unpaired) electrons. The van der Waals surface area contributed by atoms with Crippen molar-refractivity contribution >= 4 is 17.6 Å². The molecule has 140 valence electrons. The van der Waals surface area contributed by atoms with Gasteiger partial charge in [0.15, 0.2) is 0 Å². The number of halogens is 1. The highest BCUT2D eigenvalue weighted by molar-refractivity contribution is 6.31. The standard InChI is InChI=1S/C18H21ClN2O5/c1-11(2)25-17-14(19)9-21(20-17)13-7-6-12(3)15(8-13)26-16(10-23-4)18(22)24-5/h6-11H,1-5H3/b16-10-. The molecule has 1 aromatic carbocycles. The van der Waals surface area contributed by atoms with Crippen LogP contribution in [0.1, 0.15) is 19.4 Å². The van der Waals surface area contributed by atoms with E-state index in [-0.39, 0.29) is 11.9 Å². The molecule has 0 amide bonds. The van der Waals surface area contributed by atoms with E-state index < -0.39 is 5.97 Å². The number of carbonyl (C=O) groups excluding carboxylic acids is 1. The minimum absolute atomic E-state index is 0.0467. The van der Waals surface area contributed by atoms with Crippen molar-refractivity contribution in [3.8, 4) is 17.3 Å². The van der Waals surface area contributed by atoms with E-state index in [2.05, 4.69) is 9.84 Å². The first-order valence-corrected chi connectivity index (χ1v) is 8.25. The molecule has 0 unspecified atom stereocenters. The average Bonchev–Trinajstić information content (AvgIpc) is 2.95. The number of hydrogen-bond donors (Lipinski definition) is 0. The van der Waals surface area contributed by atoms with Crippen LogP contribution in [-0.2, 0) is 14.3 Å². The predicted molar refractivity (Wildman–Crippen MR) is 96.8 cm³/mol. The Labute approximate surface area is 157 Å². The third-order valence-electron chi connectivity index (χ3n) is 3.25. The predicted octanol–water partition coefficient (Wildman–Crippen LogP) is 3.66. The molecule has 8 heteroatoms. The van der Waals surface area contributed by atoms with Gasteiger partial charge >= 0.3 is 5.97 Å². The highest BCUT2D eigenvalue weighted by atomic mass is 35.5. The van der Waals surface area contributed by atoms with Gasteiger partial charge in [0.05, 0.1) is 32.2 Å². The molecule has 26 heavy (non-hydrogen) atoms. The maximum absolute atomic E-state index is 11.8. The number of hydrogen-bond acceptors (Lipinski definition) is 6. The van der Waals surface area contributed by atoms with Gasteiger partial charge in [-0.3, -0.25) is 0 Å². The van der Waals surface area contributed by atoms with Crippen LogP contribution in [0.2, 0.25) is 5.02 Å². The van der Waals surface area contributed by atoms with E-state index in [9.17, 15) is 4.79 Å². The van der Waals surface area contributed by atoms with Crippen LogP contribution >= 0.6 is 11.6 Å². The van der Waals surface area contributed by atoms with E-state index in [1.807, 2.05) is 32.9 Å². The number of rotatable bonds is 7. The summed E-state index contributed by atoms with van der Waals surface area (Å²) in [5.74, 6) is 0.0809. The molecular weight excluding hydrogens is 360 g/mol. The van der Waals surface area contributed by atoms with Crippen molar-refractivity contribution in [2.24, 2.45) is 0 Å². The first kappa shape index (κ1) is 19.7. The lowest BCUT2D eigenvalue weighted by atomic mass is 10.2. The smallest absolute Gasteiger partial charge is 0.377 e. The van der Waals surface area contributed by atoms with Crippen molar-refractivity contribution in [2.45, 2.75) is 26.9 Å². The fourth-order valence-electron chi connectivity index (χ4n) is 2.05. The monoisotopic (exact) mass is 380 g/mol. The molecule has 2 aromatic rings. The SMILES string of the molecule is CO/C=C(\Oc1cc(-n2cc(Cl)c(OC(C)C)n2)ccc1C)C(=O)OC. The Morgan fingerprint density at radius 3 is 2.65 bits per heavy atom. The van der Waals surface area contributed by atoms with Gasteiger partial charge in [-0.15, -0.1) is 5.10 Å². The molecule has 1 aromatic heterocycles. The van der Waals surface area contributed by atoms with E-state index in [1.165, 1.54) is 20.5 Å². The van der Waals surface area contributed by atoms with Crippen molar-refractivity contribution in [1.82, 2.24) is 9.78 Å². The number of aromatic nitrogens is 2. The van der Waals surface area contributed by atoms with Gasteiger partial charge in [0.2, 0.25) is 5.76 Å². The summed E-state index contributed by atoms with van der Waals surface area (Å²) in [5.41, 5.74) is 1.50. The van der Waals surface area contributed by atoms with E-state index >= 15 is 0 Å². The van der Waals surface area contributed by atoms with Crippen LogP contribution in [0.3, 0.4) is 0 Å². The molecule has 0 spiro atoms. The lowest BCUT2D eigenvalue weighted by Gasteiger charge is -2.12. The molecule has 0 saturated carbocycles. The van der Waals surface area contributed by atoms with Gasteiger partial charge < -0.3 is 18.9 Å². The minimum atomic E-state index is -0.647. The number of ether oxygens (including phenoxy) is 4. The van der Waals surface area contributed by atoms with E-state index in [1.54, 1.807) is 16.9 Å². The maximum atomic E-state index is 11.8. The van der Waals surface area contributed by atoms with Gasteiger partial charge in [-0.05, 0) is 32.4 Å². The Morgan fingerprint density at radius 1 is 1.31 bits per heavy atom. The molecule has 0 aliphatic carbocycles. The fraction of sp³-hybridized carbons (Fsp3) is 0.333. The Kier molecular flexibility index (Phi) is 6.52. The van der Waals surface area contributed by atoms with Gasteiger partial charge in [0, 0.05) is 6.07 Å². The zero-order valence-electron chi connectivity index (χ0n) is 15.3. The van der Waals surface area contributed by atoms with Crippen molar-refractivity contribution in [1.29, 1.82) is 0 Å². The Bertz CT molecular complexity index is 814. The van der Waals surface area contributed by atoms with E-state index in [0.29, 0.717) is 22.3 Å². The second-order valence-corrected chi connectivity index (χ2v) is 6.06. The summed E-state index contributed by atoms with van der Waals surface area (Å²) in [4.78, 5) is 11.8. The molecule has 0 aliphatic heterocycles. The van der Waals surface area contributed by atoms with Crippen LogP contribution in [-0.4, -0.2) is 36.1 Å². The summed E-state index contributed by atoms with van der Waals surface area (Å²) in [6, 6.07) is 5.41. The van der Waals surface area contributed by atoms with Crippen LogP contribution in [0.25, 0.3) is 5.69 Å². The average molecular weight is 381 g/mol. The van der Waals surface area contributed by atoms with Gasteiger partial charge in [-0.1, -0.05) is 17.7 Å². The fourth-order valence-corrected chi connectivity index (χ4v) is 2.23. The topological polar surface area (TPSA) is 71.8 Å². The van der Waals surface area contributed by atoms with Gasteiger partial charge in [0.25, 0.3) is 5.88 Å². The summed E-state index contributed by atoms with van der Waals surface area (Å²) in [6.45, 7) is 5.64. The Hall–Kier alpha value is -2.67.